The minimum atomic E-state index is -0.887. The number of carbonyl (C=O) groups is 2. The molecule has 1 aliphatic rings. The van der Waals surface area contributed by atoms with Crippen LogP contribution in [0.4, 0.5) is 4.39 Å². The van der Waals surface area contributed by atoms with E-state index in [2.05, 4.69) is 10.3 Å². The van der Waals surface area contributed by atoms with Crippen molar-refractivity contribution in [1.82, 2.24) is 19.9 Å². The summed E-state index contributed by atoms with van der Waals surface area (Å²) < 4.78 is 14.7. The number of piperidine rings is 1. The largest absolute Gasteiger partial charge is 0.481 e. The summed E-state index contributed by atoms with van der Waals surface area (Å²) in [4.78, 5) is 25.0. The van der Waals surface area contributed by atoms with Gasteiger partial charge in [0.15, 0.2) is 5.69 Å². The number of amides is 1. The molecule has 0 saturated carbocycles. The maximum absolute atomic E-state index is 13.2. The normalized spacial score (nSPS) is 17.7. The molecule has 1 aliphatic heterocycles. The maximum Gasteiger partial charge on any atom is 0.308 e. The van der Waals surface area contributed by atoms with Gasteiger partial charge in [-0.3, -0.25) is 9.59 Å². The Bertz CT molecular complexity index is 761. The standard InChI is InChI=1S/C16H17FN4O3/c17-13-5-1-3-11(7-13)8-21-10-14(18-19-21)15(22)20-6-2-4-12(9-20)16(23)24/h1,3,5,7,10,12H,2,4,6,8-9H2,(H,23,24)/t12-/m0/s1. The number of benzene rings is 1. The first-order valence-corrected chi connectivity index (χ1v) is 7.69. The molecule has 1 amide bonds. The van der Waals surface area contributed by atoms with Crippen molar-refractivity contribution in [3.8, 4) is 0 Å². The van der Waals surface area contributed by atoms with Crippen molar-refractivity contribution in [2.75, 3.05) is 13.1 Å². The Balaban J connectivity index is 1.68. The summed E-state index contributed by atoms with van der Waals surface area (Å²) in [7, 11) is 0. The fourth-order valence-corrected chi connectivity index (χ4v) is 2.82. The summed E-state index contributed by atoms with van der Waals surface area (Å²) in [6.45, 7) is 1.00. The van der Waals surface area contributed by atoms with E-state index in [4.69, 9.17) is 5.11 Å². The van der Waals surface area contributed by atoms with Crippen molar-refractivity contribution < 1.29 is 19.1 Å². The summed E-state index contributed by atoms with van der Waals surface area (Å²) in [6.07, 6.45) is 2.73. The van der Waals surface area contributed by atoms with E-state index in [0.717, 1.165) is 0 Å². The van der Waals surface area contributed by atoms with Gasteiger partial charge < -0.3 is 10.0 Å². The minimum Gasteiger partial charge on any atom is -0.481 e. The molecule has 0 aliphatic carbocycles. The average molecular weight is 332 g/mol. The molecule has 8 heteroatoms. The van der Waals surface area contributed by atoms with Crippen LogP contribution in [0.5, 0.6) is 0 Å². The Hall–Kier alpha value is -2.77. The van der Waals surface area contributed by atoms with Crippen molar-refractivity contribution in [2.45, 2.75) is 19.4 Å². The van der Waals surface area contributed by atoms with Crippen LogP contribution in [0, 0.1) is 11.7 Å². The highest BCUT2D eigenvalue weighted by Crippen LogP contribution is 2.18. The van der Waals surface area contributed by atoms with Crippen LogP contribution in [0.25, 0.3) is 0 Å². The molecule has 0 bridgehead atoms. The van der Waals surface area contributed by atoms with Gasteiger partial charge in [-0.05, 0) is 30.5 Å². The van der Waals surface area contributed by atoms with Crippen LogP contribution in [-0.2, 0) is 11.3 Å². The Labute approximate surface area is 137 Å². The van der Waals surface area contributed by atoms with Crippen molar-refractivity contribution >= 4 is 11.9 Å². The lowest BCUT2D eigenvalue weighted by Gasteiger charge is -2.29. The predicted molar refractivity (Wildman–Crippen MR) is 81.8 cm³/mol. The van der Waals surface area contributed by atoms with E-state index in [1.54, 1.807) is 12.1 Å². The maximum atomic E-state index is 13.2. The Kier molecular flexibility index (Phi) is 4.54. The molecule has 0 unspecified atom stereocenters. The third kappa shape index (κ3) is 3.58. The Morgan fingerprint density at radius 3 is 2.96 bits per heavy atom. The van der Waals surface area contributed by atoms with Crippen molar-refractivity contribution in [3.05, 3.63) is 47.5 Å². The Morgan fingerprint density at radius 2 is 2.21 bits per heavy atom. The molecule has 24 heavy (non-hydrogen) atoms. The molecule has 1 aromatic heterocycles. The quantitative estimate of drug-likeness (QED) is 0.914. The smallest absolute Gasteiger partial charge is 0.308 e. The van der Waals surface area contributed by atoms with E-state index < -0.39 is 11.9 Å². The summed E-state index contributed by atoms with van der Waals surface area (Å²) >= 11 is 0. The zero-order valence-corrected chi connectivity index (χ0v) is 12.9. The van der Waals surface area contributed by atoms with E-state index >= 15 is 0 Å². The third-order valence-corrected chi connectivity index (χ3v) is 4.05. The predicted octanol–water partition coefficient (Wildman–Crippen LogP) is 1.40. The van der Waals surface area contributed by atoms with Gasteiger partial charge in [0.25, 0.3) is 5.91 Å². The Morgan fingerprint density at radius 1 is 1.38 bits per heavy atom. The van der Waals surface area contributed by atoms with Crippen molar-refractivity contribution in [1.29, 1.82) is 0 Å². The van der Waals surface area contributed by atoms with Crippen LogP contribution >= 0.6 is 0 Å². The average Bonchev–Trinajstić information content (AvgIpc) is 3.02. The molecule has 1 fully saturated rings. The number of halogens is 1. The van der Waals surface area contributed by atoms with Gasteiger partial charge in [-0.25, -0.2) is 9.07 Å². The summed E-state index contributed by atoms with van der Waals surface area (Å²) in [5, 5.41) is 16.9. The summed E-state index contributed by atoms with van der Waals surface area (Å²) in [6, 6.07) is 6.11. The summed E-state index contributed by atoms with van der Waals surface area (Å²) in [5.74, 6) is -2.09. The second kappa shape index (κ2) is 6.77. The van der Waals surface area contributed by atoms with Crippen LogP contribution in [-0.4, -0.2) is 50.0 Å². The van der Waals surface area contributed by atoms with Crippen LogP contribution < -0.4 is 0 Å². The zero-order valence-electron chi connectivity index (χ0n) is 12.9. The number of rotatable bonds is 4. The number of nitrogens with zero attached hydrogens (tertiary/aromatic N) is 4. The van der Waals surface area contributed by atoms with Gasteiger partial charge in [0.2, 0.25) is 0 Å². The highest BCUT2D eigenvalue weighted by atomic mass is 19.1. The van der Waals surface area contributed by atoms with Crippen molar-refractivity contribution in [3.63, 3.8) is 0 Å². The van der Waals surface area contributed by atoms with Crippen LogP contribution in [0.2, 0.25) is 0 Å². The second-order valence-corrected chi connectivity index (χ2v) is 5.86. The van der Waals surface area contributed by atoms with Crippen LogP contribution in [0.1, 0.15) is 28.9 Å². The topological polar surface area (TPSA) is 88.3 Å². The molecule has 126 valence electrons. The van der Waals surface area contributed by atoms with E-state index in [-0.39, 0.29) is 24.0 Å². The number of aliphatic carboxylic acids is 1. The van der Waals surface area contributed by atoms with Gasteiger partial charge >= 0.3 is 5.97 Å². The number of carboxylic acid groups (broad SMARTS) is 1. The van der Waals surface area contributed by atoms with Crippen LogP contribution in [0.15, 0.2) is 30.5 Å². The van der Waals surface area contributed by atoms with Gasteiger partial charge in [0, 0.05) is 13.1 Å². The first-order chi connectivity index (χ1) is 11.5. The van der Waals surface area contributed by atoms with Crippen LogP contribution in [0.3, 0.4) is 0 Å². The molecule has 2 heterocycles. The molecule has 1 saturated heterocycles. The molecule has 1 N–H and O–H groups in total. The molecule has 1 aromatic carbocycles. The SMILES string of the molecule is O=C(O)[C@H]1CCCN(C(=O)c2cn(Cc3cccc(F)c3)nn2)C1. The highest BCUT2D eigenvalue weighted by Gasteiger charge is 2.29. The molecule has 0 spiro atoms. The lowest BCUT2D eigenvalue weighted by atomic mass is 9.98. The van der Waals surface area contributed by atoms with Gasteiger partial charge in [-0.1, -0.05) is 17.3 Å². The fraction of sp³-hybridized carbons (Fsp3) is 0.375. The van der Waals surface area contributed by atoms with Gasteiger partial charge in [-0.2, -0.15) is 0 Å². The number of aromatic nitrogens is 3. The second-order valence-electron chi connectivity index (χ2n) is 5.86. The number of hydrogen-bond acceptors (Lipinski definition) is 4. The first-order valence-electron chi connectivity index (χ1n) is 7.69. The van der Waals surface area contributed by atoms with Gasteiger partial charge in [-0.15, -0.1) is 5.10 Å². The zero-order chi connectivity index (χ0) is 17.1. The van der Waals surface area contributed by atoms with Crippen molar-refractivity contribution in [2.24, 2.45) is 5.92 Å². The van der Waals surface area contributed by atoms with Gasteiger partial charge in [0.05, 0.1) is 18.7 Å². The monoisotopic (exact) mass is 332 g/mol. The van der Waals surface area contributed by atoms with E-state index in [1.807, 2.05) is 0 Å². The number of carbonyl (C=O) groups excluding carboxylic acids is 1. The third-order valence-electron chi connectivity index (χ3n) is 4.05. The number of likely N-dealkylation sites (tertiary alicyclic amines) is 1. The molecule has 1 atom stereocenters. The van der Waals surface area contributed by atoms with Gasteiger partial charge in [0.1, 0.15) is 5.82 Å². The van der Waals surface area contributed by atoms with E-state index in [9.17, 15) is 14.0 Å². The van der Waals surface area contributed by atoms with E-state index in [0.29, 0.717) is 31.5 Å². The first kappa shape index (κ1) is 16.1. The fourth-order valence-electron chi connectivity index (χ4n) is 2.82. The molecular weight excluding hydrogens is 315 g/mol. The molecule has 7 nitrogen and oxygen atoms in total. The lowest BCUT2D eigenvalue weighted by molar-refractivity contribution is -0.143. The highest BCUT2D eigenvalue weighted by molar-refractivity contribution is 5.92. The molecular formula is C16H17FN4O3. The van der Waals surface area contributed by atoms with E-state index in [1.165, 1.54) is 27.9 Å². The number of carboxylic acids is 1. The molecule has 0 radical (unpaired) electrons. The molecule has 2 aromatic rings. The minimum absolute atomic E-state index is 0.164. The lowest BCUT2D eigenvalue weighted by Crippen LogP contribution is -2.42. The summed E-state index contributed by atoms with van der Waals surface area (Å²) in [5.41, 5.74) is 0.875. The number of hydrogen-bond donors (Lipinski definition) is 1. The molecule has 3 rings (SSSR count).